The quantitative estimate of drug-likeness (QED) is 0.579. The number of amides is 1. The highest BCUT2D eigenvalue weighted by atomic mass is 16.5. The van der Waals surface area contributed by atoms with E-state index in [-0.39, 0.29) is 5.91 Å². The second-order valence-electron chi connectivity index (χ2n) is 7.11. The van der Waals surface area contributed by atoms with Gasteiger partial charge in [0.15, 0.2) is 0 Å². The molecule has 0 saturated carbocycles. The van der Waals surface area contributed by atoms with Crippen molar-refractivity contribution in [1.82, 2.24) is 9.97 Å². The smallest absolute Gasteiger partial charge is 0.247 e. The van der Waals surface area contributed by atoms with Gasteiger partial charge in [-0.1, -0.05) is 12.6 Å². The van der Waals surface area contributed by atoms with Crippen molar-refractivity contribution in [3.8, 4) is 17.3 Å². The maximum absolute atomic E-state index is 11.6. The molecular formula is C24H22N6O2. The van der Waals surface area contributed by atoms with Gasteiger partial charge >= 0.3 is 0 Å². The predicted molar refractivity (Wildman–Crippen MR) is 124 cm³/mol. The van der Waals surface area contributed by atoms with Crippen LogP contribution in [0, 0.1) is 11.3 Å². The Kier molecular flexibility index (Phi) is 6.39. The van der Waals surface area contributed by atoms with Crippen LogP contribution in [-0.4, -0.2) is 42.2 Å². The molecule has 0 radical (unpaired) electrons. The topological polar surface area (TPSA) is 103 Å². The van der Waals surface area contributed by atoms with Gasteiger partial charge in [-0.25, -0.2) is 9.97 Å². The fourth-order valence-corrected chi connectivity index (χ4v) is 3.42. The first kappa shape index (κ1) is 21.0. The van der Waals surface area contributed by atoms with E-state index in [0.717, 1.165) is 37.7 Å². The second kappa shape index (κ2) is 9.73. The second-order valence-corrected chi connectivity index (χ2v) is 7.11. The van der Waals surface area contributed by atoms with Gasteiger partial charge in [0, 0.05) is 41.9 Å². The zero-order chi connectivity index (χ0) is 22.3. The Bertz CT molecular complexity index is 1180. The summed E-state index contributed by atoms with van der Waals surface area (Å²) in [6.07, 6.45) is 2.82. The third-order valence-corrected chi connectivity index (χ3v) is 5.00. The summed E-state index contributed by atoms with van der Waals surface area (Å²) in [5, 5.41) is 15.5. The Morgan fingerprint density at radius 3 is 2.78 bits per heavy atom. The van der Waals surface area contributed by atoms with Gasteiger partial charge in [0.05, 0.1) is 30.5 Å². The lowest BCUT2D eigenvalue weighted by Gasteiger charge is -2.29. The molecule has 2 heterocycles. The molecule has 1 amide bonds. The van der Waals surface area contributed by atoms with Crippen LogP contribution in [0.3, 0.4) is 0 Å². The van der Waals surface area contributed by atoms with Crippen molar-refractivity contribution in [2.45, 2.75) is 0 Å². The minimum atomic E-state index is -0.328. The molecule has 32 heavy (non-hydrogen) atoms. The van der Waals surface area contributed by atoms with Crippen LogP contribution in [0.2, 0.25) is 0 Å². The molecule has 2 aromatic carbocycles. The van der Waals surface area contributed by atoms with Gasteiger partial charge in [-0.15, -0.1) is 0 Å². The van der Waals surface area contributed by atoms with Crippen LogP contribution in [0.25, 0.3) is 11.3 Å². The van der Waals surface area contributed by atoms with Crippen LogP contribution in [0.4, 0.5) is 23.0 Å². The van der Waals surface area contributed by atoms with E-state index in [9.17, 15) is 10.1 Å². The van der Waals surface area contributed by atoms with Gasteiger partial charge in [0.25, 0.3) is 0 Å². The van der Waals surface area contributed by atoms with Crippen molar-refractivity contribution < 1.29 is 9.53 Å². The summed E-state index contributed by atoms with van der Waals surface area (Å²) in [5.41, 5.74) is 4.13. The van der Waals surface area contributed by atoms with Crippen LogP contribution >= 0.6 is 0 Å². The molecule has 0 atom stereocenters. The summed E-state index contributed by atoms with van der Waals surface area (Å²) in [4.78, 5) is 22.8. The van der Waals surface area contributed by atoms with Crippen LogP contribution < -0.4 is 15.5 Å². The molecule has 1 aromatic heterocycles. The molecule has 0 bridgehead atoms. The summed E-state index contributed by atoms with van der Waals surface area (Å²) < 4.78 is 5.43. The minimum absolute atomic E-state index is 0.328. The van der Waals surface area contributed by atoms with Crippen molar-refractivity contribution in [1.29, 1.82) is 5.26 Å². The van der Waals surface area contributed by atoms with Crippen LogP contribution in [-0.2, 0) is 9.53 Å². The van der Waals surface area contributed by atoms with Crippen molar-refractivity contribution in [3.63, 3.8) is 0 Å². The van der Waals surface area contributed by atoms with E-state index in [1.54, 1.807) is 30.5 Å². The number of anilines is 4. The third kappa shape index (κ3) is 4.91. The Labute approximate surface area is 186 Å². The highest BCUT2D eigenvalue weighted by Crippen LogP contribution is 2.27. The van der Waals surface area contributed by atoms with E-state index >= 15 is 0 Å². The number of nitrogens with zero attached hydrogens (tertiary/aromatic N) is 4. The van der Waals surface area contributed by atoms with Crippen molar-refractivity contribution in [2.24, 2.45) is 0 Å². The van der Waals surface area contributed by atoms with Gasteiger partial charge < -0.3 is 20.3 Å². The zero-order valence-electron chi connectivity index (χ0n) is 17.4. The van der Waals surface area contributed by atoms with E-state index in [4.69, 9.17) is 4.74 Å². The van der Waals surface area contributed by atoms with Gasteiger partial charge in [0.2, 0.25) is 11.9 Å². The lowest BCUT2D eigenvalue weighted by atomic mass is 10.0. The molecule has 1 aliphatic heterocycles. The number of carbonyl (C=O) groups is 1. The Morgan fingerprint density at radius 1 is 1.16 bits per heavy atom. The number of carbonyl (C=O) groups excluding carboxylic acids is 1. The number of morpholine rings is 1. The average Bonchev–Trinajstić information content (AvgIpc) is 2.85. The van der Waals surface area contributed by atoms with Gasteiger partial charge in [-0.3, -0.25) is 4.79 Å². The monoisotopic (exact) mass is 426 g/mol. The maximum Gasteiger partial charge on any atom is 0.247 e. The molecule has 4 rings (SSSR count). The molecular weight excluding hydrogens is 404 g/mol. The van der Waals surface area contributed by atoms with E-state index < -0.39 is 0 Å². The van der Waals surface area contributed by atoms with Gasteiger partial charge in [-0.05, 0) is 48.5 Å². The zero-order valence-corrected chi connectivity index (χ0v) is 17.4. The first-order valence-corrected chi connectivity index (χ1v) is 10.2. The summed E-state index contributed by atoms with van der Waals surface area (Å²) in [6, 6.07) is 17.0. The highest BCUT2D eigenvalue weighted by Gasteiger charge is 2.13. The first-order valence-electron chi connectivity index (χ1n) is 10.2. The lowest BCUT2D eigenvalue weighted by Crippen LogP contribution is -2.36. The Morgan fingerprint density at radius 2 is 2.00 bits per heavy atom. The molecule has 0 aliphatic carbocycles. The molecule has 2 N–H and O–H groups in total. The molecule has 0 spiro atoms. The molecule has 8 heteroatoms. The lowest BCUT2D eigenvalue weighted by molar-refractivity contribution is -0.111. The normalized spacial score (nSPS) is 13.2. The summed E-state index contributed by atoms with van der Waals surface area (Å²) in [6.45, 7) is 6.60. The summed E-state index contributed by atoms with van der Waals surface area (Å²) in [7, 11) is 0. The largest absolute Gasteiger partial charge is 0.378 e. The van der Waals surface area contributed by atoms with E-state index in [2.05, 4.69) is 44.2 Å². The van der Waals surface area contributed by atoms with Crippen molar-refractivity contribution in [2.75, 3.05) is 41.8 Å². The fraction of sp³-hybridized carbons (Fsp3) is 0.167. The summed E-state index contributed by atoms with van der Waals surface area (Å²) in [5.74, 6) is 0.0805. The van der Waals surface area contributed by atoms with Crippen LogP contribution in [0.1, 0.15) is 5.56 Å². The van der Waals surface area contributed by atoms with E-state index in [1.807, 2.05) is 18.2 Å². The number of rotatable bonds is 6. The number of benzene rings is 2. The van der Waals surface area contributed by atoms with Crippen LogP contribution in [0.15, 0.2) is 67.4 Å². The Hall–Kier alpha value is -4.22. The van der Waals surface area contributed by atoms with Gasteiger partial charge in [-0.2, -0.15) is 5.26 Å². The van der Waals surface area contributed by atoms with Crippen LogP contribution in [0.5, 0.6) is 0 Å². The van der Waals surface area contributed by atoms with E-state index in [0.29, 0.717) is 28.5 Å². The molecule has 1 saturated heterocycles. The van der Waals surface area contributed by atoms with Gasteiger partial charge in [0.1, 0.15) is 0 Å². The Balaban J connectivity index is 1.59. The number of hydrogen-bond donors (Lipinski definition) is 2. The minimum Gasteiger partial charge on any atom is -0.378 e. The molecule has 160 valence electrons. The maximum atomic E-state index is 11.6. The molecule has 0 unspecified atom stereocenters. The number of hydrogen-bond acceptors (Lipinski definition) is 7. The third-order valence-electron chi connectivity index (χ3n) is 5.00. The average molecular weight is 426 g/mol. The molecule has 1 fully saturated rings. The van der Waals surface area contributed by atoms with Crippen molar-refractivity contribution >= 4 is 28.9 Å². The standard InChI is InChI=1S/C24H22N6O2/c1-2-23(31)27-19-7-6-17(16-25)21(15-19)22-8-9-26-24(29-22)28-18-4-3-5-20(14-18)30-10-12-32-13-11-30/h2-9,14-15H,1,10-13H2,(H,27,31)(H,26,28,29). The SMILES string of the molecule is C=CC(=O)Nc1ccc(C#N)c(-c2ccnc(Nc3cccc(N4CCOCC4)c3)n2)c1. The van der Waals surface area contributed by atoms with E-state index in [1.165, 1.54) is 6.08 Å². The first-order chi connectivity index (χ1) is 15.7. The molecule has 1 aliphatic rings. The highest BCUT2D eigenvalue weighted by molar-refractivity contribution is 5.99. The van der Waals surface area contributed by atoms with Crippen molar-refractivity contribution in [3.05, 3.63) is 72.9 Å². The number of ether oxygens (including phenoxy) is 1. The molecule has 8 nitrogen and oxygen atoms in total. The fourth-order valence-electron chi connectivity index (χ4n) is 3.42. The summed E-state index contributed by atoms with van der Waals surface area (Å²) >= 11 is 0. The predicted octanol–water partition coefficient (Wildman–Crippen LogP) is 3.72. The molecule has 3 aromatic rings. The number of nitriles is 1. The number of aromatic nitrogens is 2. The number of nitrogens with one attached hydrogen (secondary N) is 2.